The van der Waals surface area contributed by atoms with Gasteiger partial charge >= 0.3 is 0 Å². The van der Waals surface area contributed by atoms with Gasteiger partial charge < -0.3 is 19.7 Å². The summed E-state index contributed by atoms with van der Waals surface area (Å²) in [5.41, 5.74) is 0.932. The highest BCUT2D eigenvalue weighted by Crippen LogP contribution is 2.28. The standard InChI is InChI=1S/C21H27N3O4S/c1-23(13-15-6-7-18(27-2)19(11-15)28-3)20(25)12-17-21(26)22-8-9-24(17)14-16-5-4-10-29-16/h4-7,10-11,17H,8-9,12-14H2,1-3H3,(H,22,26)/t17-/m0/s1. The number of rotatable bonds is 8. The van der Waals surface area contributed by atoms with Gasteiger partial charge in [0.15, 0.2) is 11.5 Å². The maximum atomic E-state index is 12.9. The fraction of sp³-hybridized carbons (Fsp3) is 0.429. The van der Waals surface area contributed by atoms with Crippen LogP contribution in [0, 0.1) is 0 Å². The van der Waals surface area contributed by atoms with Crippen molar-refractivity contribution in [2.45, 2.75) is 25.6 Å². The topological polar surface area (TPSA) is 71.1 Å². The molecule has 0 bridgehead atoms. The molecule has 1 saturated heterocycles. The van der Waals surface area contributed by atoms with Crippen LogP contribution >= 0.6 is 11.3 Å². The smallest absolute Gasteiger partial charge is 0.237 e. The maximum absolute atomic E-state index is 12.9. The summed E-state index contributed by atoms with van der Waals surface area (Å²) in [4.78, 5) is 30.2. The summed E-state index contributed by atoms with van der Waals surface area (Å²) in [6, 6.07) is 9.19. The van der Waals surface area contributed by atoms with Crippen LogP contribution in [0.5, 0.6) is 11.5 Å². The minimum absolute atomic E-state index is 0.0713. The molecular formula is C21H27N3O4S. The Labute approximate surface area is 175 Å². The fourth-order valence-electron chi connectivity index (χ4n) is 3.44. The second kappa shape index (κ2) is 9.76. The first-order valence-corrected chi connectivity index (χ1v) is 10.4. The van der Waals surface area contributed by atoms with E-state index in [-0.39, 0.29) is 18.2 Å². The summed E-state index contributed by atoms with van der Waals surface area (Å²) in [7, 11) is 4.92. The first-order valence-electron chi connectivity index (χ1n) is 9.51. The molecule has 0 saturated carbocycles. The minimum atomic E-state index is -0.453. The number of ether oxygens (including phenoxy) is 2. The molecule has 2 aromatic rings. The van der Waals surface area contributed by atoms with E-state index in [1.807, 2.05) is 29.6 Å². The van der Waals surface area contributed by atoms with Gasteiger partial charge in [0.25, 0.3) is 0 Å². The minimum Gasteiger partial charge on any atom is -0.493 e. The molecule has 2 heterocycles. The molecule has 1 aliphatic rings. The molecule has 1 atom stereocenters. The van der Waals surface area contributed by atoms with Crippen LogP contribution in [0.2, 0.25) is 0 Å². The third kappa shape index (κ3) is 5.27. The number of hydrogen-bond acceptors (Lipinski definition) is 6. The zero-order valence-electron chi connectivity index (χ0n) is 17.0. The molecule has 1 fully saturated rings. The molecule has 0 aliphatic carbocycles. The molecule has 1 aromatic heterocycles. The zero-order chi connectivity index (χ0) is 20.8. The van der Waals surface area contributed by atoms with Crippen LogP contribution in [0.15, 0.2) is 35.7 Å². The second-order valence-electron chi connectivity index (χ2n) is 7.00. The third-order valence-electron chi connectivity index (χ3n) is 5.04. The summed E-state index contributed by atoms with van der Waals surface area (Å²) < 4.78 is 10.6. The number of carbonyl (C=O) groups is 2. The Morgan fingerprint density at radius 3 is 2.76 bits per heavy atom. The predicted octanol–water partition coefficient (Wildman–Crippen LogP) is 2.11. The lowest BCUT2D eigenvalue weighted by atomic mass is 10.1. The van der Waals surface area contributed by atoms with Crippen molar-refractivity contribution in [3.05, 3.63) is 46.2 Å². The number of nitrogens with one attached hydrogen (secondary N) is 1. The van der Waals surface area contributed by atoms with E-state index in [1.165, 1.54) is 4.88 Å². The summed E-state index contributed by atoms with van der Waals surface area (Å²) in [5, 5.41) is 4.91. The van der Waals surface area contributed by atoms with Gasteiger partial charge in [0.1, 0.15) is 0 Å². The van der Waals surface area contributed by atoms with E-state index in [4.69, 9.17) is 9.47 Å². The summed E-state index contributed by atoms with van der Waals surface area (Å²) >= 11 is 1.66. The van der Waals surface area contributed by atoms with E-state index in [9.17, 15) is 9.59 Å². The van der Waals surface area contributed by atoms with Gasteiger partial charge in [0.2, 0.25) is 11.8 Å². The lowest BCUT2D eigenvalue weighted by molar-refractivity contribution is -0.138. The second-order valence-corrected chi connectivity index (χ2v) is 8.03. The Morgan fingerprint density at radius 1 is 1.28 bits per heavy atom. The molecule has 1 aromatic carbocycles. The molecule has 0 radical (unpaired) electrons. The highest BCUT2D eigenvalue weighted by atomic mass is 32.1. The van der Waals surface area contributed by atoms with Crippen LogP contribution in [0.25, 0.3) is 0 Å². The highest BCUT2D eigenvalue weighted by molar-refractivity contribution is 7.09. The van der Waals surface area contributed by atoms with Crippen LogP contribution in [0.4, 0.5) is 0 Å². The van der Waals surface area contributed by atoms with Crippen LogP contribution in [0.1, 0.15) is 16.9 Å². The Morgan fingerprint density at radius 2 is 2.07 bits per heavy atom. The Bertz CT molecular complexity index is 840. The summed E-state index contributed by atoms with van der Waals surface area (Å²) in [5.74, 6) is 1.12. The zero-order valence-corrected chi connectivity index (χ0v) is 17.8. The molecule has 0 spiro atoms. The molecule has 29 heavy (non-hydrogen) atoms. The van der Waals surface area contributed by atoms with Gasteiger partial charge in [0.05, 0.1) is 26.7 Å². The van der Waals surface area contributed by atoms with Gasteiger partial charge in [-0.15, -0.1) is 11.3 Å². The van der Waals surface area contributed by atoms with Crippen LogP contribution < -0.4 is 14.8 Å². The van der Waals surface area contributed by atoms with Crippen molar-refractivity contribution in [2.75, 3.05) is 34.4 Å². The van der Waals surface area contributed by atoms with Gasteiger partial charge in [-0.2, -0.15) is 0 Å². The average Bonchev–Trinajstić information content (AvgIpc) is 3.23. The molecule has 8 heteroatoms. The molecule has 156 valence electrons. The lowest BCUT2D eigenvalue weighted by Crippen LogP contribution is -2.56. The van der Waals surface area contributed by atoms with Crippen LogP contribution in [-0.2, 0) is 22.7 Å². The number of nitrogens with zero attached hydrogens (tertiary/aromatic N) is 2. The van der Waals surface area contributed by atoms with Crippen molar-refractivity contribution in [2.24, 2.45) is 0 Å². The van der Waals surface area contributed by atoms with Gasteiger partial charge in [-0.1, -0.05) is 12.1 Å². The van der Waals surface area contributed by atoms with Gasteiger partial charge in [0, 0.05) is 38.1 Å². The number of benzene rings is 1. The van der Waals surface area contributed by atoms with Crippen molar-refractivity contribution in [1.29, 1.82) is 0 Å². The number of carbonyl (C=O) groups excluding carboxylic acids is 2. The van der Waals surface area contributed by atoms with E-state index in [0.717, 1.165) is 12.1 Å². The van der Waals surface area contributed by atoms with Gasteiger partial charge in [-0.05, 0) is 29.1 Å². The monoisotopic (exact) mass is 417 g/mol. The van der Waals surface area contributed by atoms with E-state index in [1.54, 1.807) is 37.5 Å². The van der Waals surface area contributed by atoms with E-state index >= 15 is 0 Å². The molecule has 1 aliphatic heterocycles. The number of amides is 2. The van der Waals surface area contributed by atoms with Crippen LogP contribution in [0.3, 0.4) is 0 Å². The summed E-state index contributed by atoms with van der Waals surface area (Å²) in [6.07, 6.45) is 0.154. The maximum Gasteiger partial charge on any atom is 0.237 e. The number of methoxy groups -OCH3 is 2. The van der Waals surface area contributed by atoms with Crippen LogP contribution in [-0.4, -0.2) is 62.0 Å². The van der Waals surface area contributed by atoms with E-state index in [0.29, 0.717) is 31.1 Å². The average molecular weight is 418 g/mol. The Balaban J connectivity index is 1.64. The van der Waals surface area contributed by atoms with Crippen molar-refractivity contribution in [1.82, 2.24) is 15.1 Å². The largest absolute Gasteiger partial charge is 0.493 e. The fourth-order valence-corrected chi connectivity index (χ4v) is 4.17. The molecule has 3 rings (SSSR count). The number of piperazine rings is 1. The third-order valence-corrected chi connectivity index (χ3v) is 5.90. The van der Waals surface area contributed by atoms with Crippen molar-refractivity contribution >= 4 is 23.2 Å². The van der Waals surface area contributed by atoms with Gasteiger partial charge in [-0.25, -0.2) is 0 Å². The van der Waals surface area contributed by atoms with Crippen molar-refractivity contribution < 1.29 is 19.1 Å². The van der Waals surface area contributed by atoms with Gasteiger partial charge in [-0.3, -0.25) is 14.5 Å². The number of thiophene rings is 1. The number of hydrogen-bond donors (Lipinski definition) is 1. The van der Waals surface area contributed by atoms with Crippen molar-refractivity contribution in [3.63, 3.8) is 0 Å². The van der Waals surface area contributed by atoms with Crippen molar-refractivity contribution in [3.8, 4) is 11.5 Å². The molecule has 0 unspecified atom stereocenters. The lowest BCUT2D eigenvalue weighted by Gasteiger charge is -2.35. The quantitative estimate of drug-likeness (QED) is 0.712. The highest BCUT2D eigenvalue weighted by Gasteiger charge is 2.32. The SMILES string of the molecule is COc1ccc(CN(C)C(=O)C[C@H]2C(=O)NCCN2Cc2cccs2)cc1OC. The summed E-state index contributed by atoms with van der Waals surface area (Å²) in [6.45, 7) is 2.46. The first-order chi connectivity index (χ1) is 14.0. The normalized spacial score (nSPS) is 16.9. The first kappa shape index (κ1) is 21.1. The molecule has 7 nitrogen and oxygen atoms in total. The molecule has 1 N–H and O–H groups in total. The van der Waals surface area contributed by atoms with E-state index in [2.05, 4.69) is 16.3 Å². The Hall–Kier alpha value is -2.58. The molecular weight excluding hydrogens is 390 g/mol. The predicted molar refractivity (Wildman–Crippen MR) is 112 cm³/mol. The Kier molecular flexibility index (Phi) is 7.11. The molecule has 2 amide bonds. The van der Waals surface area contributed by atoms with E-state index < -0.39 is 6.04 Å².